The fraction of sp³-hybridized carbons (Fsp3) is 0.111. The van der Waals surface area contributed by atoms with Crippen LogP contribution in [-0.4, -0.2) is 10.7 Å². The van der Waals surface area contributed by atoms with Crippen molar-refractivity contribution in [3.05, 3.63) is 78.1 Å². The fourth-order valence-electron chi connectivity index (χ4n) is 2.32. The van der Waals surface area contributed by atoms with Gasteiger partial charge in [0.2, 0.25) is 0 Å². The lowest BCUT2D eigenvalue weighted by Gasteiger charge is -2.06. The van der Waals surface area contributed by atoms with Crippen LogP contribution in [0.15, 0.2) is 72.0 Å². The van der Waals surface area contributed by atoms with Crippen molar-refractivity contribution in [2.75, 3.05) is 0 Å². The summed E-state index contributed by atoms with van der Waals surface area (Å²) >= 11 is 0. The predicted octanol–water partition coefficient (Wildman–Crippen LogP) is 4.24. The maximum Gasteiger partial charge on any atom is 0.0644 e. The highest BCUT2D eigenvalue weighted by Gasteiger charge is 2.03. The van der Waals surface area contributed by atoms with Crippen molar-refractivity contribution in [3.8, 4) is 0 Å². The van der Waals surface area contributed by atoms with Crippen molar-refractivity contribution < 1.29 is 0 Å². The largest absolute Gasteiger partial charge is 0.285 e. The summed E-state index contributed by atoms with van der Waals surface area (Å²) in [6.45, 7) is 2.76. The molecule has 0 saturated heterocycles. The second kappa shape index (κ2) is 5.66. The summed E-state index contributed by atoms with van der Waals surface area (Å²) in [4.78, 5) is 8.73. The predicted molar refractivity (Wildman–Crippen MR) is 84.1 cm³/mol. The van der Waals surface area contributed by atoms with Crippen LogP contribution in [0.25, 0.3) is 10.8 Å². The number of fused-ring (bicyclic) bond motifs is 1. The Labute approximate surface area is 118 Å². The van der Waals surface area contributed by atoms with Crippen molar-refractivity contribution in [2.24, 2.45) is 4.99 Å². The summed E-state index contributed by atoms with van der Waals surface area (Å²) in [6.07, 6.45) is 3.61. The summed E-state index contributed by atoms with van der Waals surface area (Å²) in [5.41, 5.74) is 3.45. The molecule has 2 nitrogen and oxygen atoms in total. The molecule has 3 aromatic rings. The third-order valence-corrected chi connectivity index (χ3v) is 3.43. The van der Waals surface area contributed by atoms with E-state index in [1.165, 1.54) is 21.9 Å². The third kappa shape index (κ3) is 2.59. The number of pyridine rings is 1. The molecule has 0 spiro atoms. The molecule has 0 fully saturated rings. The molecule has 2 aromatic carbocycles. The van der Waals surface area contributed by atoms with Gasteiger partial charge < -0.3 is 0 Å². The molecule has 0 atom stereocenters. The van der Waals surface area contributed by atoms with E-state index in [0.29, 0.717) is 6.54 Å². The summed E-state index contributed by atoms with van der Waals surface area (Å²) in [6, 6.07) is 18.8. The van der Waals surface area contributed by atoms with E-state index in [1.807, 2.05) is 12.1 Å². The molecular weight excluding hydrogens is 244 g/mol. The molecule has 0 bridgehead atoms. The number of hydrogen-bond acceptors (Lipinski definition) is 2. The van der Waals surface area contributed by atoms with Crippen LogP contribution in [-0.2, 0) is 6.54 Å². The first kappa shape index (κ1) is 12.5. The van der Waals surface area contributed by atoms with E-state index in [2.05, 4.69) is 54.4 Å². The van der Waals surface area contributed by atoms with Crippen LogP contribution in [0.4, 0.5) is 0 Å². The van der Waals surface area contributed by atoms with Crippen LogP contribution in [0, 0.1) is 0 Å². The van der Waals surface area contributed by atoms with Crippen LogP contribution in [0.5, 0.6) is 0 Å². The zero-order chi connectivity index (χ0) is 13.8. The maximum atomic E-state index is 4.70. The Balaban J connectivity index is 1.94. The van der Waals surface area contributed by atoms with Gasteiger partial charge in [0.1, 0.15) is 0 Å². The lowest BCUT2D eigenvalue weighted by Crippen LogP contribution is -1.97. The van der Waals surface area contributed by atoms with Crippen molar-refractivity contribution in [1.29, 1.82) is 0 Å². The molecule has 0 amide bonds. The Hall–Kier alpha value is -2.48. The average molecular weight is 260 g/mol. The molecule has 3 rings (SSSR count). The van der Waals surface area contributed by atoms with Crippen LogP contribution in [0.2, 0.25) is 0 Å². The van der Waals surface area contributed by atoms with E-state index in [0.717, 1.165) is 5.71 Å². The molecule has 0 radical (unpaired) electrons. The molecule has 1 heterocycles. The minimum Gasteiger partial charge on any atom is -0.285 e. The van der Waals surface area contributed by atoms with Crippen molar-refractivity contribution in [1.82, 2.24) is 4.98 Å². The zero-order valence-corrected chi connectivity index (χ0v) is 11.5. The molecule has 0 saturated carbocycles. The molecule has 0 aliphatic heterocycles. The SMILES string of the molecule is CC(=NCc1ccncc1)c1cccc2ccccc12. The topological polar surface area (TPSA) is 25.2 Å². The highest BCUT2D eigenvalue weighted by Crippen LogP contribution is 2.19. The summed E-state index contributed by atoms with van der Waals surface area (Å²) in [5, 5.41) is 2.51. The molecule has 0 N–H and O–H groups in total. The van der Waals surface area contributed by atoms with E-state index in [-0.39, 0.29) is 0 Å². The molecule has 20 heavy (non-hydrogen) atoms. The van der Waals surface area contributed by atoms with Crippen molar-refractivity contribution in [3.63, 3.8) is 0 Å². The van der Waals surface area contributed by atoms with Gasteiger partial charge in [-0.05, 0) is 35.4 Å². The monoisotopic (exact) mass is 260 g/mol. The van der Waals surface area contributed by atoms with Gasteiger partial charge in [-0.1, -0.05) is 42.5 Å². The minimum absolute atomic E-state index is 0.692. The van der Waals surface area contributed by atoms with E-state index in [4.69, 9.17) is 4.99 Å². The molecule has 0 aliphatic carbocycles. The minimum atomic E-state index is 0.692. The van der Waals surface area contributed by atoms with Crippen molar-refractivity contribution >= 4 is 16.5 Å². The van der Waals surface area contributed by atoms with Crippen LogP contribution in [0.3, 0.4) is 0 Å². The number of benzene rings is 2. The van der Waals surface area contributed by atoms with Gasteiger partial charge in [0.05, 0.1) is 6.54 Å². The first-order valence-electron chi connectivity index (χ1n) is 6.73. The van der Waals surface area contributed by atoms with Gasteiger partial charge in [0.25, 0.3) is 0 Å². The Morgan fingerprint density at radius 3 is 2.55 bits per heavy atom. The van der Waals surface area contributed by atoms with Gasteiger partial charge in [-0.2, -0.15) is 0 Å². The van der Waals surface area contributed by atoms with Crippen LogP contribution < -0.4 is 0 Å². The standard InChI is InChI=1S/C18H16N2/c1-14(20-13-15-9-11-19-12-10-15)17-8-4-6-16-5-2-3-7-18(16)17/h2-12H,13H2,1H3. The molecule has 1 aromatic heterocycles. The first-order valence-corrected chi connectivity index (χ1v) is 6.73. The van der Waals surface area contributed by atoms with Crippen LogP contribution in [0.1, 0.15) is 18.1 Å². The van der Waals surface area contributed by atoms with Gasteiger partial charge in [-0.25, -0.2) is 0 Å². The Bertz CT molecular complexity index is 740. The fourth-order valence-corrected chi connectivity index (χ4v) is 2.32. The maximum absolute atomic E-state index is 4.70. The van der Waals surface area contributed by atoms with Gasteiger partial charge in [0, 0.05) is 23.7 Å². The normalized spacial score (nSPS) is 11.8. The second-order valence-electron chi connectivity index (χ2n) is 4.78. The number of nitrogens with zero attached hydrogens (tertiary/aromatic N) is 2. The Morgan fingerprint density at radius 1 is 0.950 bits per heavy atom. The summed E-state index contributed by atoms with van der Waals surface area (Å²) < 4.78 is 0. The summed E-state index contributed by atoms with van der Waals surface area (Å²) in [7, 11) is 0. The summed E-state index contributed by atoms with van der Waals surface area (Å²) in [5.74, 6) is 0. The lowest BCUT2D eigenvalue weighted by atomic mass is 10.0. The van der Waals surface area contributed by atoms with E-state index >= 15 is 0 Å². The second-order valence-corrected chi connectivity index (χ2v) is 4.78. The highest BCUT2D eigenvalue weighted by molar-refractivity contribution is 6.09. The average Bonchev–Trinajstić information content (AvgIpc) is 2.53. The third-order valence-electron chi connectivity index (χ3n) is 3.43. The molecule has 2 heteroatoms. The number of rotatable bonds is 3. The van der Waals surface area contributed by atoms with E-state index < -0.39 is 0 Å². The van der Waals surface area contributed by atoms with Crippen molar-refractivity contribution in [2.45, 2.75) is 13.5 Å². The van der Waals surface area contributed by atoms with E-state index in [1.54, 1.807) is 12.4 Å². The highest BCUT2D eigenvalue weighted by atomic mass is 14.7. The number of aromatic nitrogens is 1. The van der Waals surface area contributed by atoms with E-state index in [9.17, 15) is 0 Å². The lowest BCUT2D eigenvalue weighted by molar-refractivity contribution is 1.05. The quantitative estimate of drug-likeness (QED) is 0.646. The molecule has 98 valence electrons. The van der Waals surface area contributed by atoms with Gasteiger partial charge in [0.15, 0.2) is 0 Å². The van der Waals surface area contributed by atoms with Gasteiger partial charge >= 0.3 is 0 Å². The Kier molecular flexibility index (Phi) is 3.55. The first-order chi connectivity index (χ1) is 9.84. The number of aliphatic imine (C=N–C) groups is 1. The molecule has 0 unspecified atom stereocenters. The van der Waals surface area contributed by atoms with Crippen LogP contribution >= 0.6 is 0 Å². The molecule has 0 aliphatic rings. The number of hydrogen-bond donors (Lipinski definition) is 0. The molecular formula is C18H16N2. The Morgan fingerprint density at radius 2 is 1.70 bits per heavy atom. The van der Waals surface area contributed by atoms with Gasteiger partial charge in [-0.15, -0.1) is 0 Å². The van der Waals surface area contributed by atoms with Gasteiger partial charge in [-0.3, -0.25) is 9.98 Å². The smallest absolute Gasteiger partial charge is 0.0644 e. The zero-order valence-electron chi connectivity index (χ0n) is 11.5.